The van der Waals surface area contributed by atoms with Gasteiger partial charge in [0.1, 0.15) is 23.3 Å². The van der Waals surface area contributed by atoms with E-state index >= 15 is 0 Å². The Balaban J connectivity index is 1.97. The molecular formula is C16H17F3N4O2. The molecule has 0 spiro atoms. The fraction of sp³-hybridized carbons (Fsp3) is 0.562. The highest BCUT2D eigenvalue weighted by Gasteiger charge is 2.38. The maximum Gasteiger partial charge on any atom is 0.417 e. The number of nitrogens with zero attached hydrogens (tertiary/aromatic N) is 4. The molecule has 1 atom stereocenters. The number of carboxylic acids is 1. The van der Waals surface area contributed by atoms with E-state index in [0.29, 0.717) is 32.6 Å². The Hall–Kier alpha value is -2.50. The molecule has 1 aromatic rings. The van der Waals surface area contributed by atoms with Crippen LogP contribution in [0.5, 0.6) is 0 Å². The average Bonchev–Trinajstić information content (AvgIpc) is 2.91. The van der Waals surface area contributed by atoms with Crippen LogP contribution in [0.3, 0.4) is 0 Å². The van der Waals surface area contributed by atoms with Crippen LogP contribution in [0.15, 0.2) is 6.07 Å². The molecule has 0 saturated carbocycles. The van der Waals surface area contributed by atoms with Crippen molar-refractivity contribution in [2.75, 3.05) is 36.0 Å². The van der Waals surface area contributed by atoms with Crippen LogP contribution < -0.4 is 9.80 Å². The Morgan fingerprint density at radius 1 is 1.36 bits per heavy atom. The molecule has 2 aliphatic heterocycles. The Labute approximate surface area is 142 Å². The molecule has 3 rings (SSSR count). The molecule has 2 aliphatic rings. The first kappa shape index (κ1) is 17.3. The van der Waals surface area contributed by atoms with E-state index in [1.54, 1.807) is 15.9 Å². The molecule has 1 unspecified atom stereocenters. The van der Waals surface area contributed by atoms with Gasteiger partial charge < -0.3 is 14.9 Å². The minimum Gasteiger partial charge on any atom is -0.481 e. The van der Waals surface area contributed by atoms with Gasteiger partial charge in [-0.3, -0.25) is 4.79 Å². The normalized spacial score (nSPS) is 20.3. The van der Waals surface area contributed by atoms with E-state index in [9.17, 15) is 23.2 Å². The molecule has 2 fully saturated rings. The summed E-state index contributed by atoms with van der Waals surface area (Å²) < 4.78 is 40.3. The highest BCUT2D eigenvalue weighted by molar-refractivity contribution is 5.68. The molecule has 0 bridgehead atoms. The minimum absolute atomic E-state index is 0.0160. The number of nitriles is 1. The Kier molecular flexibility index (Phi) is 4.45. The van der Waals surface area contributed by atoms with Gasteiger partial charge in [-0.25, -0.2) is 4.98 Å². The van der Waals surface area contributed by atoms with Crippen molar-refractivity contribution < 1.29 is 23.1 Å². The largest absolute Gasteiger partial charge is 0.481 e. The number of rotatable bonds is 4. The maximum absolute atomic E-state index is 13.4. The number of hydrogen-bond donors (Lipinski definition) is 1. The molecule has 9 heteroatoms. The van der Waals surface area contributed by atoms with Crippen LogP contribution in [0, 0.1) is 17.2 Å². The quantitative estimate of drug-likeness (QED) is 0.895. The zero-order chi connectivity index (χ0) is 18.2. The van der Waals surface area contributed by atoms with Crippen molar-refractivity contribution in [2.45, 2.75) is 25.4 Å². The Morgan fingerprint density at radius 3 is 2.60 bits per heavy atom. The SMILES string of the molecule is N#Cc1c(C(F)(F)F)cc(N2CCC(CC(=O)O)C2)nc1N1CCC1. The third-order valence-corrected chi connectivity index (χ3v) is 4.63. The van der Waals surface area contributed by atoms with Gasteiger partial charge in [-0.1, -0.05) is 0 Å². The zero-order valence-corrected chi connectivity index (χ0v) is 13.4. The number of carbonyl (C=O) groups is 1. The molecule has 0 aromatic carbocycles. The van der Waals surface area contributed by atoms with Crippen LogP contribution in [0.1, 0.15) is 30.4 Å². The maximum atomic E-state index is 13.4. The third kappa shape index (κ3) is 3.48. The molecule has 3 heterocycles. The number of hydrogen-bond acceptors (Lipinski definition) is 5. The van der Waals surface area contributed by atoms with Gasteiger partial charge >= 0.3 is 12.1 Å². The van der Waals surface area contributed by atoms with E-state index in [-0.39, 0.29) is 24.0 Å². The standard InChI is InChI=1S/C16H17F3N4O2/c17-16(18,19)12-7-13(23-5-2-10(9-23)6-14(24)25)21-15(11(12)8-20)22-3-1-4-22/h7,10H,1-6,9H2,(H,24,25). The number of anilines is 2. The molecular weight excluding hydrogens is 337 g/mol. The summed E-state index contributed by atoms with van der Waals surface area (Å²) in [6, 6.07) is 2.56. The number of aromatic nitrogens is 1. The summed E-state index contributed by atoms with van der Waals surface area (Å²) in [6.07, 6.45) is -3.22. The van der Waals surface area contributed by atoms with Crippen molar-refractivity contribution in [3.05, 3.63) is 17.2 Å². The molecule has 0 radical (unpaired) electrons. The molecule has 6 nitrogen and oxygen atoms in total. The minimum atomic E-state index is -4.65. The van der Waals surface area contributed by atoms with Crippen molar-refractivity contribution in [3.8, 4) is 6.07 Å². The second-order valence-corrected chi connectivity index (χ2v) is 6.38. The van der Waals surface area contributed by atoms with Gasteiger partial charge in [0.05, 0.1) is 5.56 Å². The average molecular weight is 354 g/mol. The van der Waals surface area contributed by atoms with Crippen LogP contribution in [-0.4, -0.2) is 42.2 Å². The Morgan fingerprint density at radius 2 is 2.08 bits per heavy atom. The molecule has 134 valence electrons. The number of aliphatic carboxylic acids is 1. The van der Waals surface area contributed by atoms with Crippen molar-refractivity contribution in [1.82, 2.24) is 4.98 Å². The van der Waals surface area contributed by atoms with E-state index in [1.165, 1.54) is 0 Å². The Bertz CT molecular complexity index is 725. The first-order chi connectivity index (χ1) is 11.8. The van der Waals surface area contributed by atoms with Gasteiger partial charge in [-0.2, -0.15) is 18.4 Å². The van der Waals surface area contributed by atoms with Gasteiger partial charge in [-0.05, 0) is 24.8 Å². The lowest BCUT2D eigenvalue weighted by Gasteiger charge is -2.34. The summed E-state index contributed by atoms with van der Waals surface area (Å²) >= 11 is 0. The van der Waals surface area contributed by atoms with Crippen molar-refractivity contribution in [2.24, 2.45) is 5.92 Å². The van der Waals surface area contributed by atoms with Crippen LogP contribution in [-0.2, 0) is 11.0 Å². The molecule has 0 aliphatic carbocycles. The van der Waals surface area contributed by atoms with Gasteiger partial charge in [0, 0.05) is 32.6 Å². The first-order valence-corrected chi connectivity index (χ1v) is 8.03. The van der Waals surface area contributed by atoms with E-state index in [0.717, 1.165) is 12.5 Å². The molecule has 1 N–H and O–H groups in total. The van der Waals surface area contributed by atoms with Gasteiger partial charge in [0.25, 0.3) is 0 Å². The lowest BCUT2D eigenvalue weighted by molar-refractivity contribution is -0.138. The molecule has 0 amide bonds. The number of pyridine rings is 1. The van der Waals surface area contributed by atoms with Gasteiger partial charge in [0.2, 0.25) is 0 Å². The third-order valence-electron chi connectivity index (χ3n) is 4.63. The van der Waals surface area contributed by atoms with Crippen molar-refractivity contribution in [1.29, 1.82) is 5.26 Å². The highest BCUT2D eigenvalue weighted by atomic mass is 19.4. The molecule has 1 aromatic heterocycles. The smallest absolute Gasteiger partial charge is 0.417 e. The van der Waals surface area contributed by atoms with E-state index in [2.05, 4.69) is 4.98 Å². The fourth-order valence-electron chi connectivity index (χ4n) is 3.23. The van der Waals surface area contributed by atoms with Crippen molar-refractivity contribution >= 4 is 17.6 Å². The van der Waals surface area contributed by atoms with Crippen LogP contribution >= 0.6 is 0 Å². The lowest BCUT2D eigenvalue weighted by atomic mass is 10.1. The predicted molar refractivity (Wildman–Crippen MR) is 83.4 cm³/mol. The van der Waals surface area contributed by atoms with Crippen molar-refractivity contribution in [3.63, 3.8) is 0 Å². The fourth-order valence-corrected chi connectivity index (χ4v) is 3.23. The summed E-state index contributed by atoms with van der Waals surface area (Å²) in [5.74, 6) is -0.810. The van der Waals surface area contributed by atoms with Crippen LogP contribution in [0.4, 0.5) is 24.8 Å². The predicted octanol–water partition coefficient (Wildman–Crippen LogP) is 2.48. The van der Waals surface area contributed by atoms with Crippen LogP contribution in [0.2, 0.25) is 0 Å². The monoisotopic (exact) mass is 354 g/mol. The lowest BCUT2D eigenvalue weighted by Crippen LogP contribution is -2.39. The molecule has 25 heavy (non-hydrogen) atoms. The van der Waals surface area contributed by atoms with E-state index < -0.39 is 23.3 Å². The van der Waals surface area contributed by atoms with E-state index in [1.807, 2.05) is 0 Å². The highest BCUT2D eigenvalue weighted by Crippen LogP contribution is 2.39. The second-order valence-electron chi connectivity index (χ2n) is 6.38. The zero-order valence-electron chi connectivity index (χ0n) is 13.4. The number of carboxylic acid groups (broad SMARTS) is 1. The summed E-state index contributed by atoms with van der Waals surface area (Å²) in [4.78, 5) is 18.5. The second kappa shape index (κ2) is 6.43. The summed E-state index contributed by atoms with van der Waals surface area (Å²) in [6.45, 7) is 1.95. The summed E-state index contributed by atoms with van der Waals surface area (Å²) in [5.41, 5.74) is -1.43. The van der Waals surface area contributed by atoms with Gasteiger partial charge in [-0.15, -0.1) is 0 Å². The summed E-state index contributed by atoms with van der Waals surface area (Å²) in [5, 5.41) is 18.1. The van der Waals surface area contributed by atoms with Gasteiger partial charge in [0.15, 0.2) is 0 Å². The topological polar surface area (TPSA) is 80.5 Å². The van der Waals surface area contributed by atoms with Crippen LogP contribution in [0.25, 0.3) is 0 Å². The number of alkyl halides is 3. The number of halogens is 3. The first-order valence-electron chi connectivity index (χ1n) is 8.03. The molecule has 2 saturated heterocycles. The van der Waals surface area contributed by atoms with E-state index in [4.69, 9.17) is 5.11 Å². The summed E-state index contributed by atoms with van der Waals surface area (Å²) in [7, 11) is 0.